The molecule has 1 amide bonds. The zero-order valence-corrected chi connectivity index (χ0v) is 17.1. The number of benzene rings is 1. The molecule has 0 aliphatic rings. The van der Waals surface area contributed by atoms with Crippen LogP contribution < -0.4 is 5.32 Å². The highest BCUT2D eigenvalue weighted by Crippen LogP contribution is 2.27. The van der Waals surface area contributed by atoms with E-state index in [-0.39, 0.29) is 11.7 Å². The number of hydrogen-bond donors (Lipinski definition) is 1. The van der Waals surface area contributed by atoms with Gasteiger partial charge in [-0.15, -0.1) is 28.1 Å². The van der Waals surface area contributed by atoms with Gasteiger partial charge in [0, 0.05) is 28.1 Å². The van der Waals surface area contributed by atoms with E-state index in [1.165, 1.54) is 16.6 Å². The first-order valence-corrected chi connectivity index (χ1v) is 10.6. The lowest BCUT2D eigenvalue weighted by molar-refractivity contribution is -0.113. The lowest BCUT2D eigenvalue weighted by Gasteiger charge is -2.10. The number of carbonyl (C=O) groups is 1. The van der Waals surface area contributed by atoms with E-state index < -0.39 is 0 Å². The Morgan fingerprint density at radius 2 is 2.19 bits per heavy atom. The number of aromatic nitrogens is 3. The molecular formula is C20H22N4OS2. The lowest BCUT2D eigenvalue weighted by Crippen LogP contribution is -2.15. The summed E-state index contributed by atoms with van der Waals surface area (Å²) in [5.41, 5.74) is 3.04. The summed E-state index contributed by atoms with van der Waals surface area (Å²) in [6.45, 7) is 8.56. The Bertz CT molecular complexity index is 945. The van der Waals surface area contributed by atoms with E-state index in [1.807, 2.05) is 34.9 Å². The van der Waals surface area contributed by atoms with Gasteiger partial charge in [-0.25, -0.2) is 0 Å². The summed E-state index contributed by atoms with van der Waals surface area (Å²) in [5.74, 6) is 1.02. The van der Waals surface area contributed by atoms with Gasteiger partial charge >= 0.3 is 0 Å². The predicted molar refractivity (Wildman–Crippen MR) is 113 cm³/mol. The van der Waals surface area contributed by atoms with Gasteiger partial charge in [-0.05, 0) is 31.0 Å². The molecule has 0 spiro atoms. The highest BCUT2D eigenvalue weighted by Gasteiger charge is 2.16. The number of rotatable bonds is 8. The zero-order chi connectivity index (χ0) is 19.2. The van der Waals surface area contributed by atoms with Gasteiger partial charge in [0.2, 0.25) is 5.91 Å². The number of aryl methyl sites for hydroxylation is 2. The van der Waals surface area contributed by atoms with Crippen LogP contribution in [0.3, 0.4) is 0 Å². The van der Waals surface area contributed by atoms with Gasteiger partial charge in [-0.2, -0.15) is 0 Å². The number of nitrogens with one attached hydrogen (secondary N) is 1. The van der Waals surface area contributed by atoms with Crippen molar-refractivity contribution in [2.45, 2.75) is 32.0 Å². The minimum Gasteiger partial charge on any atom is -0.325 e. The van der Waals surface area contributed by atoms with Crippen LogP contribution in [0, 0.1) is 6.92 Å². The van der Waals surface area contributed by atoms with E-state index in [2.05, 4.69) is 47.4 Å². The van der Waals surface area contributed by atoms with E-state index in [1.54, 1.807) is 11.3 Å². The molecule has 2 heterocycles. The van der Waals surface area contributed by atoms with Crippen LogP contribution in [0.15, 0.2) is 53.5 Å². The number of nitrogens with zero attached hydrogens (tertiary/aromatic N) is 3. The Kier molecular flexibility index (Phi) is 6.47. The first-order chi connectivity index (χ1) is 13.1. The third-order valence-electron chi connectivity index (χ3n) is 4.02. The third kappa shape index (κ3) is 4.67. The second-order valence-corrected chi connectivity index (χ2v) is 8.06. The Labute approximate surface area is 167 Å². The monoisotopic (exact) mass is 398 g/mol. The molecule has 0 bridgehead atoms. The average molecular weight is 399 g/mol. The molecule has 3 rings (SSSR count). The molecule has 27 heavy (non-hydrogen) atoms. The van der Waals surface area contributed by atoms with Crippen molar-refractivity contribution in [1.29, 1.82) is 0 Å². The van der Waals surface area contributed by atoms with E-state index >= 15 is 0 Å². The first kappa shape index (κ1) is 19.4. The second kappa shape index (κ2) is 9.01. The fourth-order valence-corrected chi connectivity index (χ4v) is 4.16. The number of allylic oxidation sites excluding steroid dienone is 1. The van der Waals surface area contributed by atoms with Crippen LogP contribution in [0.25, 0.3) is 11.4 Å². The van der Waals surface area contributed by atoms with Crippen LogP contribution in [-0.4, -0.2) is 26.4 Å². The Morgan fingerprint density at radius 1 is 1.37 bits per heavy atom. The van der Waals surface area contributed by atoms with Crippen molar-refractivity contribution < 1.29 is 4.79 Å². The Morgan fingerprint density at radius 3 is 2.89 bits per heavy atom. The molecule has 0 fully saturated rings. The lowest BCUT2D eigenvalue weighted by atomic mass is 10.1. The van der Waals surface area contributed by atoms with E-state index in [9.17, 15) is 4.79 Å². The third-order valence-corrected chi connectivity index (χ3v) is 5.85. The molecule has 0 aliphatic carbocycles. The molecule has 1 N–H and O–H groups in total. The molecule has 0 saturated carbocycles. The molecule has 5 nitrogen and oxygen atoms in total. The van der Waals surface area contributed by atoms with Gasteiger partial charge in [0.25, 0.3) is 0 Å². The van der Waals surface area contributed by atoms with Crippen molar-refractivity contribution in [3.63, 3.8) is 0 Å². The summed E-state index contributed by atoms with van der Waals surface area (Å²) in [6, 6.07) is 9.96. The smallest absolute Gasteiger partial charge is 0.234 e. The molecule has 0 aliphatic heterocycles. The number of para-hydroxylation sites is 1. The molecule has 0 saturated heterocycles. The van der Waals surface area contributed by atoms with Gasteiger partial charge in [0.15, 0.2) is 11.0 Å². The minimum absolute atomic E-state index is 0.0537. The van der Waals surface area contributed by atoms with Gasteiger partial charge < -0.3 is 5.32 Å². The zero-order valence-electron chi connectivity index (χ0n) is 15.4. The minimum atomic E-state index is -0.0537. The molecule has 0 unspecified atom stereocenters. The van der Waals surface area contributed by atoms with Crippen LogP contribution >= 0.6 is 23.1 Å². The van der Waals surface area contributed by atoms with Gasteiger partial charge in [0.05, 0.1) is 5.75 Å². The number of thioether (sulfide) groups is 1. The number of amides is 1. The van der Waals surface area contributed by atoms with Crippen LogP contribution in [0.5, 0.6) is 0 Å². The van der Waals surface area contributed by atoms with Crippen molar-refractivity contribution in [3.05, 3.63) is 58.8 Å². The topological polar surface area (TPSA) is 59.8 Å². The summed E-state index contributed by atoms with van der Waals surface area (Å²) >= 11 is 3.06. The number of hydrogen-bond acceptors (Lipinski definition) is 5. The summed E-state index contributed by atoms with van der Waals surface area (Å²) in [4.78, 5) is 13.6. The second-order valence-electron chi connectivity index (χ2n) is 6.00. The fourth-order valence-electron chi connectivity index (χ4n) is 2.73. The molecule has 0 radical (unpaired) electrons. The summed E-state index contributed by atoms with van der Waals surface area (Å²) in [6.07, 6.45) is 2.69. The molecule has 0 atom stereocenters. The van der Waals surface area contributed by atoms with Gasteiger partial charge in [-0.3, -0.25) is 9.36 Å². The highest BCUT2D eigenvalue weighted by atomic mass is 32.2. The van der Waals surface area contributed by atoms with Gasteiger partial charge in [-0.1, -0.05) is 43.0 Å². The van der Waals surface area contributed by atoms with Crippen molar-refractivity contribution in [1.82, 2.24) is 14.8 Å². The van der Waals surface area contributed by atoms with Crippen LogP contribution in [0.2, 0.25) is 0 Å². The first-order valence-electron chi connectivity index (χ1n) is 8.72. The summed E-state index contributed by atoms with van der Waals surface area (Å²) in [5, 5.41) is 14.4. The van der Waals surface area contributed by atoms with Gasteiger partial charge in [0.1, 0.15) is 0 Å². The summed E-state index contributed by atoms with van der Waals surface area (Å²) < 4.78 is 1.99. The molecular weight excluding hydrogens is 376 g/mol. The molecule has 140 valence electrons. The van der Waals surface area contributed by atoms with E-state index in [0.29, 0.717) is 11.7 Å². The average Bonchev–Trinajstić information content (AvgIpc) is 3.27. The van der Waals surface area contributed by atoms with Crippen molar-refractivity contribution in [2.24, 2.45) is 0 Å². The van der Waals surface area contributed by atoms with Crippen molar-refractivity contribution in [2.75, 3.05) is 11.1 Å². The van der Waals surface area contributed by atoms with Crippen molar-refractivity contribution >= 4 is 34.7 Å². The molecule has 3 aromatic rings. The van der Waals surface area contributed by atoms with Crippen LogP contribution in [0.1, 0.15) is 17.4 Å². The maximum absolute atomic E-state index is 12.4. The Hall–Kier alpha value is -2.38. The molecule has 2 aromatic heterocycles. The summed E-state index contributed by atoms with van der Waals surface area (Å²) in [7, 11) is 0. The standard InChI is InChI=1S/C20H22N4OS2/c1-4-10-24-19(16-11-14(3)26-12-16)22-23-20(24)27-13-18(25)21-17-9-7-6-8-15(17)5-2/h4,6-9,11-12H,1,5,10,13H2,2-3H3,(H,21,25). The van der Waals surface area contributed by atoms with Crippen molar-refractivity contribution in [3.8, 4) is 11.4 Å². The van der Waals surface area contributed by atoms with Crippen LogP contribution in [-0.2, 0) is 17.8 Å². The molecule has 7 heteroatoms. The van der Waals surface area contributed by atoms with Crippen LogP contribution in [0.4, 0.5) is 5.69 Å². The highest BCUT2D eigenvalue weighted by molar-refractivity contribution is 7.99. The maximum atomic E-state index is 12.4. The van der Waals surface area contributed by atoms with E-state index in [4.69, 9.17) is 0 Å². The predicted octanol–water partition coefficient (Wildman–Crippen LogP) is 4.79. The largest absolute Gasteiger partial charge is 0.325 e. The van der Waals surface area contributed by atoms with E-state index in [0.717, 1.165) is 29.1 Å². The molecule has 1 aromatic carbocycles. The fraction of sp³-hybridized carbons (Fsp3) is 0.250. The number of carbonyl (C=O) groups excluding carboxylic acids is 1. The normalized spacial score (nSPS) is 10.7. The SMILES string of the molecule is C=CCn1c(SCC(=O)Nc2ccccc2CC)nnc1-c1csc(C)c1. The number of thiophene rings is 1. The quantitative estimate of drug-likeness (QED) is 0.438. The maximum Gasteiger partial charge on any atom is 0.234 e. The number of anilines is 1. The Balaban J connectivity index is 1.71.